The van der Waals surface area contributed by atoms with Crippen molar-refractivity contribution in [2.75, 3.05) is 6.61 Å². The van der Waals surface area contributed by atoms with Crippen LogP contribution in [0, 0.1) is 11.8 Å². The van der Waals surface area contributed by atoms with Crippen molar-refractivity contribution in [3.8, 4) is 0 Å². The van der Waals surface area contributed by atoms with Gasteiger partial charge in [0.15, 0.2) is 0 Å². The van der Waals surface area contributed by atoms with E-state index in [1.807, 2.05) is 6.92 Å². The zero-order valence-electron chi connectivity index (χ0n) is 10.4. The van der Waals surface area contributed by atoms with E-state index in [1.165, 1.54) is 12.8 Å². The molecule has 0 saturated heterocycles. The molecule has 2 atom stereocenters. The van der Waals surface area contributed by atoms with Gasteiger partial charge in [-0.3, -0.25) is 0 Å². The highest BCUT2D eigenvalue weighted by Gasteiger charge is 2.36. The van der Waals surface area contributed by atoms with Crippen molar-refractivity contribution in [2.45, 2.75) is 65.1 Å². The number of hydrogen-bond acceptors (Lipinski definition) is 2. The number of ether oxygens (including phenoxy) is 1. The maximum Gasteiger partial charge on any atom is 0.0861 e. The predicted molar refractivity (Wildman–Crippen MR) is 62.8 cm³/mol. The quantitative estimate of drug-likeness (QED) is 0.673. The first-order valence-electron chi connectivity index (χ1n) is 6.52. The van der Waals surface area contributed by atoms with Gasteiger partial charge in [0, 0.05) is 6.61 Å². The third-order valence-corrected chi connectivity index (χ3v) is 3.55. The van der Waals surface area contributed by atoms with E-state index < -0.39 is 0 Å². The molecule has 0 bridgehead atoms. The highest BCUT2D eigenvalue weighted by molar-refractivity contribution is 4.87. The Morgan fingerprint density at radius 1 is 1.20 bits per heavy atom. The monoisotopic (exact) mass is 214 g/mol. The van der Waals surface area contributed by atoms with Gasteiger partial charge in [0.1, 0.15) is 0 Å². The van der Waals surface area contributed by atoms with Crippen molar-refractivity contribution in [3.05, 3.63) is 0 Å². The van der Waals surface area contributed by atoms with Crippen molar-refractivity contribution in [1.82, 2.24) is 0 Å². The molecule has 1 aliphatic rings. The average Bonchev–Trinajstić information content (AvgIpc) is 3.06. The summed E-state index contributed by atoms with van der Waals surface area (Å²) < 4.78 is 5.67. The fraction of sp³-hybridized carbons (Fsp3) is 1.00. The smallest absolute Gasteiger partial charge is 0.0861 e. The van der Waals surface area contributed by atoms with Crippen LogP contribution in [0.1, 0.15) is 52.9 Å². The number of rotatable bonds is 8. The third-order valence-electron chi connectivity index (χ3n) is 3.55. The molecule has 2 unspecified atom stereocenters. The molecule has 90 valence electrons. The minimum Gasteiger partial charge on any atom is -0.390 e. The first kappa shape index (κ1) is 13.0. The molecule has 0 spiro atoms. The van der Waals surface area contributed by atoms with Gasteiger partial charge >= 0.3 is 0 Å². The second-order valence-corrected chi connectivity index (χ2v) is 4.74. The summed E-state index contributed by atoms with van der Waals surface area (Å²) in [6.07, 6.45) is 5.58. The molecular formula is C13H26O2. The van der Waals surface area contributed by atoms with Gasteiger partial charge in [-0.25, -0.2) is 0 Å². The molecule has 0 aliphatic heterocycles. The summed E-state index contributed by atoms with van der Waals surface area (Å²) >= 11 is 0. The van der Waals surface area contributed by atoms with E-state index in [1.54, 1.807) is 0 Å². The number of hydrogen-bond donors (Lipinski definition) is 1. The molecule has 0 aromatic heterocycles. The summed E-state index contributed by atoms with van der Waals surface area (Å²) in [5.74, 6) is 1.29. The van der Waals surface area contributed by atoms with E-state index in [9.17, 15) is 5.11 Å². The molecule has 0 radical (unpaired) electrons. The Bertz CT molecular complexity index is 162. The summed E-state index contributed by atoms with van der Waals surface area (Å²) in [6, 6.07) is 0. The number of aliphatic hydroxyl groups is 1. The van der Waals surface area contributed by atoms with Crippen LogP contribution in [-0.4, -0.2) is 23.9 Å². The van der Waals surface area contributed by atoms with Gasteiger partial charge in [0.25, 0.3) is 0 Å². The molecule has 0 amide bonds. The minimum absolute atomic E-state index is 0.107. The lowest BCUT2D eigenvalue weighted by atomic mass is 9.92. The van der Waals surface area contributed by atoms with Gasteiger partial charge in [-0.1, -0.05) is 26.7 Å². The predicted octanol–water partition coefficient (Wildman–Crippen LogP) is 2.99. The van der Waals surface area contributed by atoms with Crippen molar-refractivity contribution in [3.63, 3.8) is 0 Å². The molecule has 1 N–H and O–H groups in total. The van der Waals surface area contributed by atoms with Crippen LogP contribution in [-0.2, 0) is 4.74 Å². The second kappa shape index (κ2) is 6.49. The lowest BCUT2D eigenvalue weighted by molar-refractivity contribution is -0.0537. The van der Waals surface area contributed by atoms with E-state index in [-0.39, 0.29) is 12.2 Å². The molecule has 0 heterocycles. The van der Waals surface area contributed by atoms with E-state index in [2.05, 4.69) is 13.8 Å². The van der Waals surface area contributed by atoms with Gasteiger partial charge in [-0.2, -0.15) is 0 Å². The van der Waals surface area contributed by atoms with E-state index in [0.29, 0.717) is 11.8 Å². The molecule has 0 aromatic rings. The topological polar surface area (TPSA) is 29.5 Å². The van der Waals surface area contributed by atoms with Crippen LogP contribution in [0.5, 0.6) is 0 Å². The highest BCUT2D eigenvalue weighted by atomic mass is 16.5. The zero-order chi connectivity index (χ0) is 11.3. The molecule has 1 fully saturated rings. The SMILES string of the molecule is CCOC(C(O)CC(CC)CC)C1CC1. The van der Waals surface area contributed by atoms with Crippen LogP contribution >= 0.6 is 0 Å². The van der Waals surface area contributed by atoms with Gasteiger partial charge in [-0.15, -0.1) is 0 Å². The highest BCUT2D eigenvalue weighted by Crippen LogP contribution is 2.37. The van der Waals surface area contributed by atoms with Crippen molar-refractivity contribution < 1.29 is 9.84 Å². The molecule has 1 saturated carbocycles. The largest absolute Gasteiger partial charge is 0.390 e. The van der Waals surface area contributed by atoms with E-state index in [0.717, 1.165) is 25.9 Å². The molecule has 1 aliphatic carbocycles. The lowest BCUT2D eigenvalue weighted by Crippen LogP contribution is -2.32. The normalized spacial score (nSPS) is 20.6. The Morgan fingerprint density at radius 3 is 2.20 bits per heavy atom. The summed E-state index contributed by atoms with van der Waals surface area (Å²) in [5, 5.41) is 10.2. The standard InChI is InChI=1S/C13H26O2/c1-4-10(5-2)9-12(14)13(15-6-3)11-7-8-11/h10-14H,4-9H2,1-3H3. The Morgan fingerprint density at radius 2 is 1.80 bits per heavy atom. The van der Waals surface area contributed by atoms with E-state index in [4.69, 9.17) is 4.74 Å². The maximum atomic E-state index is 10.2. The molecule has 15 heavy (non-hydrogen) atoms. The van der Waals surface area contributed by atoms with Gasteiger partial charge in [0.05, 0.1) is 12.2 Å². The summed E-state index contributed by atoms with van der Waals surface area (Å²) in [4.78, 5) is 0. The fourth-order valence-corrected chi connectivity index (χ4v) is 2.28. The van der Waals surface area contributed by atoms with Crippen molar-refractivity contribution >= 4 is 0 Å². The molecule has 2 heteroatoms. The Labute approximate surface area is 94.0 Å². The summed E-state index contributed by atoms with van der Waals surface area (Å²) in [6.45, 7) is 7.14. The van der Waals surface area contributed by atoms with Crippen molar-refractivity contribution in [1.29, 1.82) is 0 Å². The molecule has 2 nitrogen and oxygen atoms in total. The molecule has 0 aromatic carbocycles. The van der Waals surface area contributed by atoms with Crippen LogP contribution in [0.15, 0.2) is 0 Å². The first-order valence-corrected chi connectivity index (χ1v) is 6.52. The first-order chi connectivity index (χ1) is 7.22. The maximum absolute atomic E-state index is 10.2. The van der Waals surface area contributed by atoms with Gasteiger partial charge in [-0.05, 0) is 38.0 Å². The van der Waals surface area contributed by atoms with Crippen LogP contribution in [0.3, 0.4) is 0 Å². The van der Waals surface area contributed by atoms with Crippen LogP contribution in [0.2, 0.25) is 0 Å². The van der Waals surface area contributed by atoms with Crippen molar-refractivity contribution in [2.24, 2.45) is 11.8 Å². The lowest BCUT2D eigenvalue weighted by Gasteiger charge is -2.25. The van der Waals surface area contributed by atoms with Gasteiger partial charge in [0.2, 0.25) is 0 Å². The molecular weight excluding hydrogens is 188 g/mol. The van der Waals surface area contributed by atoms with Gasteiger partial charge < -0.3 is 9.84 Å². The fourth-order valence-electron chi connectivity index (χ4n) is 2.28. The van der Waals surface area contributed by atoms with Crippen LogP contribution < -0.4 is 0 Å². The number of aliphatic hydroxyl groups excluding tert-OH is 1. The summed E-state index contributed by atoms with van der Waals surface area (Å²) in [5.41, 5.74) is 0. The Hall–Kier alpha value is -0.0800. The van der Waals surface area contributed by atoms with Crippen LogP contribution in [0.4, 0.5) is 0 Å². The second-order valence-electron chi connectivity index (χ2n) is 4.74. The summed E-state index contributed by atoms with van der Waals surface area (Å²) in [7, 11) is 0. The minimum atomic E-state index is -0.248. The Balaban J connectivity index is 2.36. The average molecular weight is 214 g/mol. The van der Waals surface area contributed by atoms with E-state index >= 15 is 0 Å². The molecule has 1 rings (SSSR count). The zero-order valence-corrected chi connectivity index (χ0v) is 10.4. The third kappa shape index (κ3) is 4.12. The Kier molecular flexibility index (Phi) is 5.62. The van der Waals surface area contributed by atoms with Crippen LogP contribution in [0.25, 0.3) is 0 Å².